The van der Waals surface area contributed by atoms with E-state index in [1.165, 1.54) is 12.1 Å². The summed E-state index contributed by atoms with van der Waals surface area (Å²) in [5.74, 6) is 0. The van der Waals surface area contributed by atoms with Crippen molar-refractivity contribution in [1.82, 2.24) is 0 Å². The summed E-state index contributed by atoms with van der Waals surface area (Å²) >= 11 is 0. The smallest absolute Gasteiger partial charge is 0.416 e. The van der Waals surface area contributed by atoms with Crippen molar-refractivity contribution in [2.45, 2.75) is 32.5 Å². The quantitative estimate of drug-likeness (QED) is 0.657. The van der Waals surface area contributed by atoms with Crippen LogP contribution in [0.25, 0.3) is 12.2 Å². The number of carbonyl (C=O) groups excluding carboxylic acids is 1. The minimum atomic E-state index is -4.47. The highest BCUT2D eigenvalue weighted by Gasteiger charge is 2.31. The second kappa shape index (κ2) is 7.64. The van der Waals surface area contributed by atoms with Crippen molar-refractivity contribution in [3.63, 3.8) is 0 Å². The van der Waals surface area contributed by atoms with Crippen molar-refractivity contribution in [3.8, 4) is 0 Å². The van der Waals surface area contributed by atoms with Crippen LogP contribution >= 0.6 is 0 Å². The average Bonchev–Trinajstić information content (AvgIpc) is 2.52. The van der Waals surface area contributed by atoms with E-state index in [1.54, 1.807) is 26.8 Å². The predicted molar refractivity (Wildman–Crippen MR) is 96.7 cm³/mol. The van der Waals surface area contributed by atoms with Crippen LogP contribution in [0.15, 0.2) is 48.5 Å². The molecule has 0 aliphatic heterocycles. The predicted octanol–water partition coefficient (Wildman–Crippen LogP) is 6.22. The van der Waals surface area contributed by atoms with E-state index in [1.807, 2.05) is 30.3 Å². The molecule has 0 saturated heterocycles. The maximum absolute atomic E-state index is 13.0. The van der Waals surface area contributed by atoms with E-state index >= 15 is 0 Å². The summed E-state index contributed by atoms with van der Waals surface area (Å²) in [6.45, 7) is 5.11. The molecule has 0 aliphatic carbocycles. The van der Waals surface area contributed by atoms with Crippen molar-refractivity contribution in [3.05, 3.63) is 65.2 Å². The van der Waals surface area contributed by atoms with Crippen LogP contribution in [0, 0.1) is 0 Å². The summed E-state index contributed by atoms with van der Waals surface area (Å²) in [7, 11) is 0. The van der Waals surface area contributed by atoms with Crippen LogP contribution in [0.2, 0.25) is 0 Å². The molecule has 0 bridgehead atoms. The van der Waals surface area contributed by atoms with Crippen molar-refractivity contribution in [2.24, 2.45) is 0 Å². The number of hydrogen-bond acceptors (Lipinski definition) is 2. The van der Waals surface area contributed by atoms with E-state index < -0.39 is 23.4 Å². The molecule has 0 aromatic heterocycles. The van der Waals surface area contributed by atoms with Gasteiger partial charge in [-0.15, -0.1) is 0 Å². The molecule has 138 valence electrons. The van der Waals surface area contributed by atoms with Gasteiger partial charge in [0.15, 0.2) is 0 Å². The van der Waals surface area contributed by atoms with Gasteiger partial charge in [0.05, 0.1) is 11.3 Å². The fourth-order valence-electron chi connectivity index (χ4n) is 2.15. The monoisotopic (exact) mass is 363 g/mol. The largest absolute Gasteiger partial charge is 0.444 e. The molecule has 6 heteroatoms. The number of benzene rings is 2. The van der Waals surface area contributed by atoms with Gasteiger partial charge in [-0.25, -0.2) is 4.79 Å². The van der Waals surface area contributed by atoms with Crippen LogP contribution in [0.3, 0.4) is 0 Å². The SMILES string of the molecule is CC(C)(C)OC(=O)Nc1ccc(C(F)(F)F)cc1/C=C\c1ccccc1. The van der Waals surface area contributed by atoms with Gasteiger partial charge in [0.1, 0.15) is 5.60 Å². The van der Waals surface area contributed by atoms with Crippen LogP contribution in [0.4, 0.5) is 23.7 Å². The molecule has 0 unspecified atom stereocenters. The molecule has 2 aromatic carbocycles. The Balaban J connectivity index is 2.34. The van der Waals surface area contributed by atoms with Gasteiger partial charge in [0.2, 0.25) is 0 Å². The Morgan fingerprint density at radius 2 is 1.65 bits per heavy atom. The lowest BCUT2D eigenvalue weighted by Gasteiger charge is -2.20. The number of hydrogen-bond donors (Lipinski definition) is 1. The third-order valence-electron chi connectivity index (χ3n) is 3.27. The number of anilines is 1. The molecular weight excluding hydrogens is 343 g/mol. The Morgan fingerprint density at radius 3 is 2.23 bits per heavy atom. The first-order chi connectivity index (χ1) is 12.0. The molecule has 0 spiro atoms. The van der Waals surface area contributed by atoms with Gasteiger partial charge in [-0.2, -0.15) is 13.2 Å². The number of rotatable bonds is 3. The molecule has 2 aromatic rings. The van der Waals surface area contributed by atoms with Crippen LogP contribution in [-0.2, 0) is 10.9 Å². The minimum absolute atomic E-state index is 0.231. The van der Waals surface area contributed by atoms with E-state index in [4.69, 9.17) is 4.74 Å². The highest BCUT2D eigenvalue weighted by molar-refractivity contribution is 5.89. The van der Waals surface area contributed by atoms with Crippen LogP contribution in [-0.4, -0.2) is 11.7 Å². The normalized spacial score (nSPS) is 12.2. The number of alkyl halides is 3. The zero-order chi connectivity index (χ0) is 19.4. The molecule has 0 atom stereocenters. The number of nitrogens with one attached hydrogen (secondary N) is 1. The van der Waals surface area contributed by atoms with Crippen molar-refractivity contribution in [1.29, 1.82) is 0 Å². The van der Waals surface area contributed by atoms with Crippen LogP contribution in [0.5, 0.6) is 0 Å². The standard InChI is InChI=1S/C20H20F3NO2/c1-19(2,3)26-18(25)24-17-12-11-16(20(21,22)23)13-15(17)10-9-14-7-5-4-6-8-14/h4-13H,1-3H3,(H,24,25)/b10-9-. The summed E-state index contributed by atoms with van der Waals surface area (Å²) < 4.78 is 44.2. The number of halogens is 3. The lowest BCUT2D eigenvalue weighted by molar-refractivity contribution is -0.137. The first-order valence-electron chi connectivity index (χ1n) is 7.99. The molecular formula is C20H20F3NO2. The maximum Gasteiger partial charge on any atom is 0.416 e. The van der Waals surface area contributed by atoms with Crippen molar-refractivity contribution < 1.29 is 22.7 Å². The molecule has 0 saturated carbocycles. The van der Waals surface area contributed by atoms with E-state index in [9.17, 15) is 18.0 Å². The third-order valence-corrected chi connectivity index (χ3v) is 3.27. The molecule has 0 radical (unpaired) electrons. The Bertz CT molecular complexity index is 791. The Kier molecular flexibility index (Phi) is 5.75. The van der Waals surface area contributed by atoms with Gasteiger partial charge >= 0.3 is 12.3 Å². The molecule has 0 fully saturated rings. The van der Waals surface area contributed by atoms with Gasteiger partial charge in [-0.1, -0.05) is 42.5 Å². The second-order valence-corrected chi connectivity index (χ2v) is 6.67. The molecule has 1 amide bonds. The Labute approximate surface area is 150 Å². The van der Waals surface area contributed by atoms with E-state index in [2.05, 4.69) is 5.32 Å². The van der Waals surface area contributed by atoms with E-state index in [0.29, 0.717) is 0 Å². The summed E-state index contributed by atoms with van der Waals surface area (Å²) in [5, 5.41) is 2.50. The zero-order valence-corrected chi connectivity index (χ0v) is 14.7. The van der Waals surface area contributed by atoms with Gasteiger partial charge in [0.25, 0.3) is 0 Å². The van der Waals surface area contributed by atoms with E-state index in [0.717, 1.165) is 17.7 Å². The number of carbonyl (C=O) groups is 1. The molecule has 3 nitrogen and oxygen atoms in total. The average molecular weight is 363 g/mol. The summed E-state index contributed by atoms with van der Waals surface area (Å²) in [5.41, 5.74) is -0.210. The topological polar surface area (TPSA) is 38.3 Å². The minimum Gasteiger partial charge on any atom is -0.444 e. The molecule has 26 heavy (non-hydrogen) atoms. The summed E-state index contributed by atoms with van der Waals surface area (Å²) in [6.07, 6.45) is -2.00. The summed E-state index contributed by atoms with van der Waals surface area (Å²) in [6, 6.07) is 12.3. The number of amides is 1. The lowest BCUT2D eigenvalue weighted by atomic mass is 10.1. The Hall–Kier alpha value is -2.76. The molecule has 1 N–H and O–H groups in total. The first-order valence-corrected chi connectivity index (χ1v) is 7.99. The van der Waals surface area contributed by atoms with Gasteiger partial charge in [0, 0.05) is 0 Å². The molecule has 0 aliphatic rings. The maximum atomic E-state index is 13.0. The number of ether oxygens (including phenoxy) is 1. The molecule has 0 heterocycles. The van der Waals surface area contributed by atoms with Crippen molar-refractivity contribution in [2.75, 3.05) is 5.32 Å². The summed E-state index contributed by atoms with van der Waals surface area (Å²) in [4.78, 5) is 12.0. The molecule has 2 rings (SSSR count). The van der Waals surface area contributed by atoms with Crippen LogP contribution in [0.1, 0.15) is 37.5 Å². The van der Waals surface area contributed by atoms with Gasteiger partial charge < -0.3 is 4.74 Å². The fraction of sp³-hybridized carbons (Fsp3) is 0.250. The van der Waals surface area contributed by atoms with Gasteiger partial charge in [-0.05, 0) is 50.1 Å². The fourth-order valence-corrected chi connectivity index (χ4v) is 2.15. The highest BCUT2D eigenvalue weighted by Crippen LogP contribution is 2.32. The Morgan fingerprint density at radius 1 is 1.00 bits per heavy atom. The third kappa shape index (κ3) is 5.95. The zero-order valence-electron chi connectivity index (χ0n) is 14.7. The lowest BCUT2D eigenvalue weighted by Crippen LogP contribution is -2.27. The van der Waals surface area contributed by atoms with Crippen LogP contribution < -0.4 is 5.32 Å². The van der Waals surface area contributed by atoms with Gasteiger partial charge in [-0.3, -0.25) is 5.32 Å². The van der Waals surface area contributed by atoms with E-state index in [-0.39, 0.29) is 11.3 Å². The highest BCUT2D eigenvalue weighted by atomic mass is 19.4. The van der Waals surface area contributed by atoms with Crippen molar-refractivity contribution >= 4 is 23.9 Å². The first kappa shape index (κ1) is 19.6. The second-order valence-electron chi connectivity index (χ2n) is 6.67.